The number of aromatic nitrogens is 1. The second kappa shape index (κ2) is 10.2. The van der Waals surface area contributed by atoms with E-state index in [1.807, 2.05) is 30.3 Å². The number of nitrogens with zero attached hydrogens (tertiary/aromatic N) is 3. The van der Waals surface area contributed by atoms with E-state index < -0.39 is 10.0 Å². The van der Waals surface area contributed by atoms with Crippen LogP contribution in [0.5, 0.6) is 0 Å². The fraction of sp³-hybridized carbons (Fsp3) is 0.375. The predicted octanol–water partition coefficient (Wildman–Crippen LogP) is 2.19. The van der Waals surface area contributed by atoms with Crippen molar-refractivity contribution >= 4 is 51.3 Å². The maximum atomic E-state index is 11.9. The number of hydrogen-bond donors (Lipinski definition) is 2. The Bertz CT molecular complexity index is 852. The molecule has 0 saturated carbocycles. The average Bonchev–Trinajstić information content (AvgIpc) is 3.00. The lowest BCUT2D eigenvalue weighted by Crippen LogP contribution is -2.38. The molecule has 1 heterocycles. The molecule has 7 nitrogen and oxygen atoms in total. The summed E-state index contributed by atoms with van der Waals surface area (Å²) in [6.07, 6.45) is 0. The van der Waals surface area contributed by atoms with E-state index in [1.54, 1.807) is 36.6 Å². The molecule has 0 aliphatic carbocycles. The van der Waals surface area contributed by atoms with Crippen molar-refractivity contribution in [2.45, 2.75) is 24.9 Å². The zero-order chi connectivity index (χ0) is 18.4. The fourth-order valence-electron chi connectivity index (χ4n) is 2.31. The molecule has 1 aromatic carbocycles. The van der Waals surface area contributed by atoms with Crippen molar-refractivity contribution in [2.24, 2.45) is 4.99 Å². The van der Waals surface area contributed by atoms with Crippen molar-refractivity contribution in [2.75, 3.05) is 21.1 Å². The summed E-state index contributed by atoms with van der Waals surface area (Å²) in [7, 11) is 1.61. The Morgan fingerprint density at radius 2 is 2.12 bits per heavy atom. The first-order valence-electron chi connectivity index (χ1n) is 7.71. The first kappa shape index (κ1) is 22.8. The van der Waals surface area contributed by atoms with Gasteiger partial charge in [-0.15, -0.1) is 35.3 Å². The van der Waals surface area contributed by atoms with Crippen LogP contribution in [-0.2, 0) is 23.1 Å². The molecule has 0 unspecified atom stereocenters. The zero-order valence-corrected chi connectivity index (χ0v) is 19.1. The standard InChI is InChI=1S/C16H23N5O2S2.HI/c1-12-20-14(11-24-12)10-21(4)16(17-2)19-9-13-6-5-7-15(8-13)25(22,23)18-3;/h5-8,11,18H,9-10H2,1-4H3,(H,17,19);1H. The molecule has 0 fully saturated rings. The van der Waals surface area contributed by atoms with E-state index in [2.05, 4.69) is 20.0 Å². The molecule has 10 heteroatoms. The van der Waals surface area contributed by atoms with Gasteiger partial charge in [-0.25, -0.2) is 18.1 Å². The summed E-state index contributed by atoms with van der Waals surface area (Å²) in [5.74, 6) is 0.715. The van der Waals surface area contributed by atoms with Gasteiger partial charge in [-0.3, -0.25) is 4.99 Å². The highest BCUT2D eigenvalue weighted by atomic mass is 127. The number of aryl methyl sites for hydroxylation is 1. The smallest absolute Gasteiger partial charge is 0.240 e. The minimum Gasteiger partial charge on any atom is -0.352 e. The third-order valence-electron chi connectivity index (χ3n) is 3.57. The molecule has 2 aromatic rings. The number of sulfonamides is 1. The van der Waals surface area contributed by atoms with Crippen LogP contribution in [0.15, 0.2) is 39.5 Å². The third-order valence-corrected chi connectivity index (χ3v) is 5.80. The van der Waals surface area contributed by atoms with Crippen molar-refractivity contribution in [3.63, 3.8) is 0 Å². The van der Waals surface area contributed by atoms with E-state index in [1.165, 1.54) is 7.05 Å². The van der Waals surface area contributed by atoms with Gasteiger partial charge < -0.3 is 10.2 Å². The van der Waals surface area contributed by atoms with Gasteiger partial charge in [0.1, 0.15) is 0 Å². The minimum atomic E-state index is -3.45. The summed E-state index contributed by atoms with van der Waals surface area (Å²) >= 11 is 1.62. The van der Waals surface area contributed by atoms with Crippen LogP contribution in [0.3, 0.4) is 0 Å². The third kappa shape index (κ3) is 6.18. The molecular weight excluding hydrogens is 485 g/mol. The molecule has 0 spiro atoms. The summed E-state index contributed by atoms with van der Waals surface area (Å²) in [6.45, 7) is 3.10. The number of rotatable bonds is 6. The molecule has 0 bridgehead atoms. The molecule has 2 rings (SSSR count). The molecule has 0 atom stereocenters. The molecule has 1 aromatic heterocycles. The van der Waals surface area contributed by atoms with Crippen molar-refractivity contribution in [3.8, 4) is 0 Å². The molecule has 0 aliphatic rings. The number of guanidine groups is 1. The number of thiazole rings is 1. The van der Waals surface area contributed by atoms with Crippen LogP contribution < -0.4 is 10.0 Å². The Kier molecular flexibility index (Phi) is 8.93. The largest absolute Gasteiger partial charge is 0.352 e. The second-order valence-corrected chi connectivity index (χ2v) is 8.42. The highest BCUT2D eigenvalue weighted by Crippen LogP contribution is 2.12. The van der Waals surface area contributed by atoms with Crippen LogP contribution in [0.1, 0.15) is 16.3 Å². The second-order valence-electron chi connectivity index (χ2n) is 5.47. The van der Waals surface area contributed by atoms with Gasteiger partial charge in [0.2, 0.25) is 10.0 Å². The number of aliphatic imine (C=N–C) groups is 1. The number of halogens is 1. The van der Waals surface area contributed by atoms with E-state index in [9.17, 15) is 8.42 Å². The lowest BCUT2D eigenvalue weighted by atomic mass is 10.2. The predicted molar refractivity (Wildman–Crippen MR) is 117 cm³/mol. The van der Waals surface area contributed by atoms with E-state index in [-0.39, 0.29) is 28.9 Å². The van der Waals surface area contributed by atoms with E-state index in [0.717, 1.165) is 16.3 Å². The fourth-order valence-corrected chi connectivity index (χ4v) is 3.71. The highest BCUT2D eigenvalue weighted by Gasteiger charge is 2.12. The Hall–Kier alpha value is -1.24. The first-order valence-corrected chi connectivity index (χ1v) is 10.1. The summed E-state index contributed by atoms with van der Waals surface area (Å²) in [4.78, 5) is 10.9. The van der Waals surface area contributed by atoms with Crippen LogP contribution in [0.2, 0.25) is 0 Å². The van der Waals surface area contributed by atoms with Crippen molar-refractivity contribution < 1.29 is 8.42 Å². The normalized spacial score (nSPS) is 11.8. The van der Waals surface area contributed by atoms with Gasteiger partial charge in [0.25, 0.3) is 0 Å². The first-order chi connectivity index (χ1) is 11.9. The minimum absolute atomic E-state index is 0. The SMILES string of the molecule is CN=C(NCc1cccc(S(=O)(=O)NC)c1)N(C)Cc1csc(C)n1.I. The van der Waals surface area contributed by atoms with E-state index >= 15 is 0 Å². The van der Waals surface area contributed by atoms with Gasteiger partial charge in [0, 0.05) is 26.0 Å². The number of hydrogen-bond acceptors (Lipinski definition) is 5. The molecule has 2 N–H and O–H groups in total. The van der Waals surface area contributed by atoms with Crippen molar-refractivity contribution in [1.29, 1.82) is 0 Å². The molecule has 0 aliphatic heterocycles. The van der Waals surface area contributed by atoms with Gasteiger partial charge >= 0.3 is 0 Å². The van der Waals surface area contributed by atoms with Gasteiger partial charge in [-0.05, 0) is 31.7 Å². The van der Waals surface area contributed by atoms with Gasteiger partial charge in [-0.2, -0.15) is 0 Å². The Morgan fingerprint density at radius 1 is 1.38 bits per heavy atom. The Labute approximate surface area is 176 Å². The molecular formula is C16H24IN5O2S2. The molecule has 26 heavy (non-hydrogen) atoms. The number of benzene rings is 1. The maximum absolute atomic E-state index is 11.9. The van der Waals surface area contributed by atoms with Gasteiger partial charge in [0.05, 0.1) is 22.1 Å². The molecule has 144 valence electrons. The Morgan fingerprint density at radius 3 is 2.69 bits per heavy atom. The van der Waals surface area contributed by atoms with E-state index in [0.29, 0.717) is 19.0 Å². The number of nitrogens with one attached hydrogen (secondary N) is 2. The maximum Gasteiger partial charge on any atom is 0.240 e. The van der Waals surface area contributed by atoms with Crippen molar-refractivity contribution in [1.82, 2.24) is 19.9 Å². The van der Waals surface area contributed by atoms with Crippen molar-refractivity contribution in [3.05, 3.63) is 45.9 Å². The van der Waals surface area contributed by atoms with Crippen LogP contribution in [-0.4, -0.2) is 45.4 Å². The summed E-state index contributed by atoms with van der Waals surface area (Å²) < 4.78 is 26.1. The highest BCUT2D eigenvalue weighted by molar-refractivity contribution is 14.0. The monoisotopic (exact) mass is 509 g/mol. The lowest BCUT2D eigenvalue weighted by Gasteiger charge is -2.21. The molecule has 0 saturated heterocycles. The van der Waals surface area contributed by atoms with E-state index in [4.69, 9.17) is 0 Å². The summed E-state index contributed by atoms with van der Waals surface area (Å²) in [6, 6.07) is 6.82. The zero-order valence-electron chi connectivity index (χ0n) is 15.2. The average molecular weight is 509 g/mol. The summed E-state index contributed by atoms with van der Waals surface area (Å²) in [5, 5.41) is 6.31. The topological polar surface area (TPSA) is 86.7 Å². The molecule has 0 radical (unpaired) electrons. The van der Waals surface area contributed by atoms with Gasteiger partial charge in [-0.1, -0.05) is 12.1 Å². The van der Waals surface area contributed by atoms with Crippen LogP contribution >= 0.6 is 35.3 Å². The summed E-state index contributed by atoms with van der Waals surface area (Å²) in [5.41, 5.74) is 1.85. The molecule has 0 amide bonds. The quantitative estimate of drug-likeness (QED) is 0.354. The van der Waals surface area contributed by atoms with Crippen LogP contribution in [0.4, 0.5) is 0 Å². The Balaban J connectivity index is 0.00000338. The van der Waals surface area contributed by atoms with Gasteiger partial charge in [0.15, 0.2) is 5.96 Å². The van der Waals surface area contributed by atoms with Crippen LogP contribution in [0.25, 0.3) is 0 Å². The lowest BCUT2D eigenvalue weighted by molar-refractivity contribution is 0.470. The van der Waals surface area contributed by atoms with Crippen LogP contribution in [0, 0.1) is 6.92 Å².